The van der Waals surface area contributed by atoms with Crippen LogP contribution in [-0.4, -0.2) is 32.5 Å². The molecule has 0 atom stereocenters. The Morgan fingerprint density at radius 1 is 1.33 bits per heavy atom. The van der Waals surface area contributed by atoms with Crippen molar-refractivity contribution >= 4 is 43.2 Å². The monoisotopic (exact) mass is 391 g/mol. The highest BCUT2D eigenvalue weighted by Crippen LogP contribution is 2.29. The minimum absolute atomic E-state index is 0.0145. The summed E-state index contributed by atoms with van der Waals surface area (Å²) < 4.78 is 32.0. The lowest BCUT2D eigenvalue weighted by Crippen LogP contribution is -2.27. The fourth-order valence-corrected chi connectivity index (χ4v) is 3.51. The van der Waals surface area contributed by atoms with Gasteiger partial charge in [0.05, 0.1) is 17.8 Å². The Balaban J connectivity index is 2.54. The summed E-state index contributed by atoms with van der Waals surface area (Å²) in [6.45, 7) is 0. The maximum Gasteiger partial charge on any atom is 0.269 e. The Kier molecular flexibility index (Phi) is 4.70. The van der Waals surface area contributed by atoms with Gasteiger partial charge in [-0.3, -0.25) is 4.31 Å². The number of nitrogens with zero attached hydrogens (tertiary/aromatic N) is 3. The third-order valence-corrected chi connectivity index (χ3v) is 5.11. The van der Waals surface area contributed by atoms with Crippen LogP contribution in [0, 0.1) is 0 Å². The van der Waals surface area contributed by atoms with Crippen LogP contribution in [0.3, 0.4) is 0 Å². The van der Waals surface area contributed by atoms with Crippen LogP contribution in [0.5, 0.6) is 5.88 Å². The second-order valence-electron chi connectivity index (χ2n) is 3.97. The van der Waals surface area contributed by atoms with Crippen LogP contribution in [0.25, 0.3) is 0 Å². The minimum atomic E-state index is -3.86. The fourth-order valence-electron chi connectivity index (χ4n) is 1.62. The summed E-state index contributed by atoms with van der Waals surface area (Å²) in [7, 11) is -1.09. The third-order valence-electron chi connectivity index (χ3n) is 2.69. The molecule has 0 spiro atoms. The summed E-state index contributed by atoms with van der Waals surface area (Å²) in [4.78, 5) is 7.73. The van der Waals surface area contributed by atoms with Gasteiger partial charge in [-0.2, -0.15) is 0 Å². The summed E-state index contributed by atoms with van der Waals surface area (Å²) >= 11 is 9.04. The molecule has 0 unspecified atom stereocenters. The number of hydrogen-bond acceptors (Lipinski definition) is 5. The molecule has 0 bridgehead atoms. The second kappa shape index (κ2) is 6.17. The molecule has 0 fully saturated rings. The number of rotatable bonds is 4. The first-order valence-electron chi connectivity index (χ1n) is 5.66. The highest BCUT2D eigenvalue weighted by Gasteiger charge is 2.26. The van der Waals surface area contributed by atoms with Gasteiger partial charge in [0.1, 0.15) is 4.60 Å². The van der Waals surface area contributed by atoms with Crippen LogP contribution < -0.4 is 9.04 Å². The van der Waals surface area contributed by atoms with Gasteiger partial charge in [-0.15, -0.1) is 0 Å². The summed E-state index contributed by atoms with van der Waals surface area (Å²) in [5.41, 5.74) is 0.443. The van der Waals surface area contributed by atoms with Crippen molar-refractivity contribution in [2.24, 2.45) is 0 Å². The SMILES string of the molecule is COc1ncc(Cl)cc1S(=O)(=O)N(C)c1ccnc(Br)c1. The molecule has 0 saturated heterocycles. The maximum atomic E-state index is 12.7. The van der Waals surface area contributed by atoms with E-state index in [9.17, 15) is 8.42 Å². The van der Waals surface area contributed by atoms with Crippen LogP contribution >= 0.6 is 27.5 Å². The van der Waals surface area contributed by atoms with Crippen molar-refractivity contribution < 1.29 is 13.2 Å². The highest BCUT2D eigenvalue weighted by atomic mass is 79.9. The number of ether oxygens (including phenoxy) is 1. The summed E-state index contributed by atoms with van der Waals surface area (Å²) in [5.74, 6) is -0.0145. The fraction of sp³-hybridized carbons (Fsp3) is 0.167. The number of hydrogen-bond donors (Lipinski definition) is 0. The lowest BCUT2D eigenvalue weighted by molar-refractivity contribution is 0.385. The second-order valence-corrected chi connectivity index (χ2v) is 7.16. The van der Waals surface area contributed by atoms with Crippen LogP contribution in [0.1, 0.15) is 0 Å². The van der Waals surface area contributed by atoms with Crippen LogP contribution in [0.4, 0.5) is 5.69 Å². The zero-order chi connectivity index (χ0) is 15.6. The van der Waals surface area contributed by atoms with Gasteiger partial charge < -0.3 is 4.74 Å². The van der Waals surface area contributed by atoms with Crippen molar-refractivity contribution in [3.8, 4) is 5.88 Å². The minimum Gasteiger partial charge on any atom is -0.480 e. The lowest BCUT2D eigenvalue weighted by atomic mass is 10.4. The van der Waals surface area contributed by atoms with E-state index in [-0.39, 0.29) is 15.8 Å². The Morgan fingerprint density at radius 3 is 2.67 bits per heavy atom. The molecule has 9 heteroatoms. The molecule has 0 saturated carbocycles. The Bertz CT molecular complexity index is 770. The Morgan fingerprint density at radius 2 is 2.05 bits per heavy atom. The van der Waals surface area contributed by atoms with E-state index >= 15 is 0 Å². The van der Waals surface area contributed by atoms with Crippen LogP contribution in [-0.2, 0) is 10.0 Å². The van der Waals surface area contributed by atoms with Crippen molar-refractivity contribution in [3.05, 3.63) is 40.2 Å². The molecule has 2 aromatic heterocycles. The molecule has 112 valence electrons. The number of sulfonamides is 1. The molecular formula is C12H11BrClN3O3S. The molecule has 0 amide bonds. The first-order chi connectivity index (χ1) is 9.86. The van der Waals surface area contributed by atoms with E-state index in [1.54, 1.807) is 12.1 Å². The van der Waals surface area contributed by atoms with Crippen molar-refractivity contribution in [2.45, 2.75) is 4.90 Å². The van der Waals surface area contributed by atoms with Gasteiger partial charge in [-0.1, -0.05) is 11.6 Å². The van der Waals surface area contributed by atoms with Gasteiger partial charge in [-0.05, 0) is 34.1 Å². The molecule has 0 aliphatic rings. The van der Waals surface area contributed by atoms with Gasteiger partial charge >= 0.3 is 0 Å². The van der Waals surface area contributed by atoms with Gasteiger partial charge in [0.25, 0.3) is 10.0 Å². The maximum absolute atomic E-state index is 12.7. The normalized spacial score (nSPS) is 11.2. The predicted molar refractivity (Wildman–Crippen MR) is 83.3 cm³/mol. The quantitative estimate of drug-likeness (QED) is 0.748. The van der Waals surface area contributed by atoms with Crippen molar-refractivity contribution in [2.75, 3.05) is 18.5 Å². The van der Waals surface area contributed by atoms with Gasteiger partial charge in [0.2, 0.25) is 5.88 Å². The average Bonchev–Trinajstić information content (AvgIpc) is 2.46. The van der Waals surface area contributed by atoms with E-state index in [1.807, 2.05) is 0 Å². The molecular weight excluding hydrogens is 382 g/mol. The van der Waals surface area contributed by atoms with Crippen LogP contribution in [0.2, 0.25) is 5.02 Å². The first kappa shape index (κ1) is 16.0. The molecule has 2 heterocycles. The number of halogens is 2. The molecule has 0 aliphatic carbocycles. The largest absolute Gasteiger partial charge is 0.480 e. The molecule has 21 heavy (non-hydrogen) atoms. The lowest BCUT2D eigenvalue weighted by Gasteiger charge is -2.20. The van der Waals surface area contributed by atoms with E-state index in [2.05, 4.69) is 25.9 Å². The molecule has 2 aromatic rings. The van der Waals surface area contributed by atoms with E-state index < -0.39 is 10.0 Å². The molecule has 0 aromatic carbocycles. The number of pyridine rings is 2. The van der Waals surface area contributed by atoms with Crippen molar-refractivity contribution in [1.82, 2.24) is 9.97 Å². The average molecular weight is 393 g/mol. The summed E-state index contributed by atoms with van der Waals surface area (Å²) in [5, 5.41) is 0.207. The van der Waals surface area contributed by atoms with Crippen molar-refractivity contribution in [3.63, 3.8) is 0 Å². The zero-order valence-corrected chi connectivity index (χ0v) is 14.3. The number of aromatic nitrogens is 2. The van der Waals surface area contributed by atoms with Gasteiger partial charge in [-0.25, -0.2) is 18.4 Å². The molecule has 2 rings (SSSR count). The Hall–Kier alpha value is -1.38. The molecule has 0 N–H and O–H groups in total. The topological polar surface area (TPSA) is 72.4 Å². The molecule has 0 radical (unpaired) electrons. The molecule has 0 aliphatic heterocycles. The third kappa shape index (κ3) is 3.28. The van der Waals surface area contributed by atoms with E-state index in [0.717, 1.165) is 4.31 Å². The van der Waals surface area contributed by atoms with E-state index in [4.69, 9.17) is 16.3 Å². The van der Waals surface area contributed by atoms with Gasteiger partial charge in [0.15, 0.2) is 4.90 Å². The number of anilines is 1. The standard InChI is InChI=1S/C12H11BrClN3O3S/c1-17(9-3-4-15-11(13)6-9)21(18,19)10-5-8(14)7-16-12(10)20-2/h3-7H,1-2H3. The van der Waals surface area contributed by atoms with Gasteiger partial charge in [0, 0.05) is 19.4 Å². The van der Waals surface area contributed by atoms with E-state index in [1.165, 1.54) is 32.6 Å². The molecule has 6 nitrogen and oxygen atoms in total. The summed E-state index contributed by atoms with van der Waals surface area (Å²) in [6, 6.07) is 4.46. The summed E-state index contributed by atoms with van der Waals surface area (Å²) in [6.07, 6.45) is 2.82. The van der Waals surface area contributed by atoms with E-state index in [0.29, 0.717) is 10.3 Å². The van der Waals surface area contributed by atoms with Crippen LogP contribution in [0.15, 0.2) is 40.1 Å². The Labute approximate surface area is 135 Å². The highest BCUT2D eigenvalue weighted by molar-refractivity contribution is 9.10. The van der Waals surface area contributed by atoms with Crippen molar-refractivity contribution in [1.29, 1.82) is 0 Å². The number of methoxy groups -OCH3 is 1. The zero-order valence-electron chi connectivity index (χ0n) is 11.1. The first-order valence-corrected chi connectivity index (χ1v) is 8.27. The smallest absolute Gasteiger partial charge is 0.269 e. The predicted octanol–water partition coefficient (Wildman–Crippen LogP) is 2.73.